The van der Waals surface area contributed by atoms with Gasteiger partial charge in [0, 0.05) is 11.6 Å². The van der Waals surface area contributed by atoms with Crippen molar-refractivity contribution in [3.8, 4) is 0 Å². The van der Waals surface area contributed by atoms with Gasteiger partial charge in [0.25, 0.3) is 0 Å². The molecule has 0 radical (unpaired) electrons. The fourth-order valence-corrected chi connectivity index (χ4v) is 2.11. The summed E-state index contributed by atoms with van der Waals surface area (Å²) in [6, 6.07) is 0.0517. The van der Waals surface area contributed by atoms with E-state index in [9.17, 15) is 9.59 Å². The Balaban J connectivity index is 2.48. The molecule has 0 bridgehead atoms. The molecular formula is C15H25NO4. The zero-order valence-corrected chi connectivity index (χ0v) is 13.0. The van der Waals surface area contributed by atoms with Gasteiger partial charge < -0.3 is 14.8 Å². The monoisotopic (exact) mass is 283 g/mol. The Kier molecular flexibility index (Phi) is 5.60. The zero-order valence-electron chi connectivity index (χ0n) is 13.0. The average Bonchev–Trinajstić information content (AvgIpc) is 2.24. The number of ether oxygens (including phenoxy) is 2. The highest BCUT2D eigenvalue weighted by Gasteiger charge is 2.30. The predicted octanol–water partition coefficient (Wildman–Crippen LogP) is 2.94. The molecule has 1 aliphatic rings. The molecule has 0 heterocycles. The SMILES string of the molecule is CCOC(=O)C(CC)=C1CC(NC(=O)OC(C)(C)C)C1. The first-order chi connectivity index (χ1) is 9.26. The maximum Gasteiger partial charge on any atom is 0.407 e. The van der Waals surface area contributed by atoms with E-state index in [0.717, 1.165) is 11.1 Å². The third kappa shape index (κ3) is 4.87. The molecule has 0 unspecified atom stereocenters. The van der Waals surface area contributed by atoms with Gasteiger partial charge in [-0.05, 0) is 47.0 Å². The van der Waals surface area contributed by atoms with E-state index in [1.807, 2.05) is 27.7 Å². The molecule has 1 aliphatic carbocycles. The molecule has 1 fully saturated rings. The van der Waals surface area contributed by atoms with Crippen LogP contribution in [0.1, 0.15) is 53.9 Å². The molecule has 0 saturated heterocycles. The van der Waals surface area contributed by atoms with Gasteiger partial charge in [0.15, 0.2) is 0 Å². The molecule has 0 spiro atoms. The molecule has 1 saturated carbocycles. The molecule has 20 heavy (non-hydrogen) atoms. The lowest BCUT2D eigenvalue weighted by atomic mass is 9.82. The van der Waals surface area contributed by atoms with Crippen molar-refractivity contribution in [1.29, 1.82) is 0 Å². The average molecular weight is 283 g/mol. The first-order valence-corrected chi connectivity index (χ1v) is 7.14. The molecule has 0 aromatic carbocycles. The van der Waals surface area contributed by atoms with Crippen LogP contribution in [0.4, 0.5) is 4.79 Å². The Morgan fingerprint density at radius 1 is 1.25 bits per heavy atom. The standard InChI is InChI=1S/C15H25NO4/c1-6-12(13(17)19-7-2)10-8-11(9-10)16-14(18)20-15(3,4)5/h11H,6-9H2,1-5H3,(H,16,18). The van der Waals surface area contributed by atoms with E-state index in [1.165, 1.54) is 0 Å². The van der Waals surface area contributed by atoms with Crippen molar-refractivity contribution in [2.24, 2.45) is 0 Å². The van der Waals surface area contributed by atoms with Gasteiger partial charge in [-0.15, -0.1) is 0 Å². The highest BCUT2D eigenvalue weighted by atomic mass is 16.6. The second-order valence-electron chi connectivity index (χ2n) is 5.91. The minimum atomic E-state index is -0.494. The summed E-state index contributed by atoms with van der Waals surface area (Å²) in [6.07, 6.45) is 1.64. The lowest BCUT2D eigenvalue weighted by molar-refractivity contribution is -0.138. The predicted molar refractivity (Wildman–Crippen MR) is 76.3 cm³/mol. The van der Waals surface area contributed by atoms with Crippen molar-refractivity contribution in [3.05, 3.63) is 11.1 Å². The van der Waals surface area contributed by atoms with Crippen LogP contribution < -0.4 is 5.32 Å². The lowest BCUT2D eigenvalue weighted by Crippen LogP contribution is -2.44. The number of amides is 1. The van der Waals surface area contributed by atoms with Crippen molar-refractivity contribution in [3.63, 3.8) is 0 Å². The maximum atomic E-state index is 11.7. The van der Waals surface area contributed by atoms with Crippen molar-refractivity contribution in [1.82, 2.24) is 5.32 Å². The molecule has 0 atom stereocenters. The molecule has 1 amide bonds. The van der Waals surface area contributed by atoms with Crippen LogP contribution in [0.15, 0.2) is 11.1 Å². The first kappa shape index (κ1) is 16.5. The van der Waals surface area contributed by atoms with Crippen molar-refractivity contribution < 1.29 is 19.1 Å². The molecule has 1 rings (SSSR count). The van der Waals surface area contributed by atoms with Gasteiger partial charge in [-0.1, -0.05) is 12.5 Å². The minimum Gasteiger partial charge on any atom is -0.463 e. The van der Waals surface area contributed by atoms with Crippen LogP contribution in [0.25, 0.3) is 0 Å². The van der Waals surface area contributed by atoms with Crippen molar-refractivity contribution in [2.45, 2.75) is 65.5 Å². The fourth-order valence-electron chi connectivity index (χ4n) is 2.11. The number of rotatable bonds is 4. The molecule has 1 N–H and O–H groups in total. The number of hydrogen-bond donors (Lipinski definition) is 1. The van der Waals surface area contributed by atoms with E-state index in [0.29, 0.717) is 25.9 Å². The number of esters is 1. The minimum absolute atomic E-state index is 0.0517. The molecule has 0 aliphatic heterocycles. The molecule has 5 heteroatoms. The van der Waals surface area contributed by atoms with Gasteiger partial charge in [-0.3, -0.25) is 0 Å². The van der Waals surface area contributed by atoms with Crippen LogP contribution in [-0.2, 0) is 14.3 Å². The summed E-state index contributed by atoms with van der Waals surface area (Å²) in [4.78, 5) is 23.3. The summed E-state index contributed by atoms with van der Waals surface area (Å²) in [5.74, 6) is -0.235. The summed E-state index contributed by atoms with van der Waals surface area (Å²) in [5.41, 5.74) is 1.33. The molecular weight excluding hydrogens is 258 g/mol. The Morgan fingerprint density at radius 3 is 2.30 bits per heavy atom. The Labute approximate surface area is 120 Å². The number of carbonyl (C=O) groups excluding carboxylic acids is 2. The largest absolute Gasteiger partial charge is 0.463 e. The van der Waals surface area contributed by atoms with E-state index in [4.69, 9.17) is 9.47 Å². The normalized spacial score (nSPS) is 18.1. The molecule has 0 aromatic heterocycles. The highest BCUT2D eigenvalue weighted by Crippen LogP contribution is 2.31. The van der Waals surface area contributed by atoms with E-state index in [2.05, 4.69) is 5.32 Å². The van der Waals surface area contributed by atoms with E-state index >= 15 is 0 Å². The van der Waals surface area contributed by atoms with Crippen LogP contribution >= 0.6 is 0 Å². The van der Waals surface area contributed by atoms with Crippen LogP contribution in [0.2, 0.25) is 0 Å². The number of hydrogen-bond acceptors (Lipinski definition) is 4. The summed E-state index contributed by atoms with van der Waals surface area (Å²) >= 11 is 0. The van der Waals surface area contributed by atoms with E-state index < -0.39 is 11.7 Å². The second kappa shape index (κ2) is 6.77. The van der Waals surface area contributed by atoms with Gasteiger partial charge in [0.05, 0.1) is 6.61 Å². The summed E-state index contributed by atoms with van der Waals surface area (Å²) < 4.78 is 10.2. The highest BCUT2D eigenvalue weighted by molar-refractivity contribution is 5.89. The van der Waals surface area contributed by atoms with Gasteiger partial charge in [-0.25, -0.2) is 9.59 Å². The second-order valence-corrected chi connectivity index (χ2v) is 5.91. The fraction of sp³-hybridized carbons (Fsp3) is 0.733. The van der Waals surface area contributed by atoms with Gasteiger partial charge in [0.2, 0.25) is 0 Å². The number of carbonyl (C=O) groups is 2. The topological polar surface area (TPSA) is 64.6 Å². The maximum absolute atomic E-state index is 11.7. The molecule has 114 valence electrons. The third-order valence-electron chi connectivity index (χ3n) is 3.01. The van der Waals surface area contributed by atoms with Crippen LogP contribution in [0.5, 0.6) is 0 Å². The molecule has 0 aromatic rings. The summed E-state index contributed by atoms with van der Waals surface area (Å²) in [6.45, 7) is 9.60. The Bertz CT molecular complexity index is 399. The Morgan fingerprint density at radius 2 is 1.85 bits per heavy atom. The van der Waals surface area contributed by atoms with Crippen molar-refractivity contribution in [2.75, 3.05) is 6.61 Å². The van der Waals surface area contributed by atoms with E-state index in [1.54, 1.807) is 6.92 Å². The number of alkyl carbamates (subject to hydrolysis) is 1. The zero-order chi connectivity index (χ0) is 15.3. The van der Waals surface area contributed by atoms with Gasteiger partial charge in [-0.2, -0.15) is 0 Å². The summed E-state index contributed by atoms with van der Waals surface area (Å²) in [7, 11) is 0. The van der Waals surface area contributed by atoms with Crippen LogP contribution in [-0.4, -0.2) is 30.3 Å². The number of nitrogens with one attached hydrogen (secondary N) is 1. The van der Waals surface area contributed by atoms with Gasteiger partial charge >= 0.3 is 12.1 Å². The van der Waals surface area contributed by atoms with Crippen LogP contribution in [0.3, 0.4) is 0 Å². The van der Waals surface area contributed by atoms with E-state index in [-0.39, 0.29) is 12.0 Å². The third-order valence-corrected chi connectivity index (χ3v) is 3.01. The van der Waals surface area contributed by atoms with Crippen LogP contribution in [0, 0.1) is 0 Å². The lowest BCUT2D eigenvalue weighted by Gasteiger charge is -2.32. The quantitative estimate of drug-likeness (QED) is 0.636. The summed E-state index contributed by atoms with van der Waals surface area (Å²) in [5, 5.41) is 2.81. The van der Waals surface area contributed by atoms with Crippen molar-refractivity contribution >= 4 is 12.1 Å². The Hall–Kier alpha value is -1.52. The molecule has 5 nitrogen and oxygen atoms in total. The first-order valence-electron chi connectivity index (χ1n) is 7.14. The van der Waals surface area contributed by atoms with Gasteiger partial charge in [0.1, 0.15) is 5.60 Å². The smallest absolute Gasteiger partial charge is 0.407 e.